The Bertz CT molecular complexity index is 1560. The Morgan fingerprint density at radius 3 is 2.60 bits per heavy atom. The van der Waals surface area contributed by atoms with Crippen LogP contribution in [0.3, 0.4) is 0 Å². The zero-order valence-corrected chi connectivity index (χ0v) is 17.5. The molecule has 0 atom stereocenters. The summed E-state index contributed by atoms with van der Waals surface area (Å²) >= 11 is 1.34. The van der Waals surface area contributed by atoms with Crippen molar-refractivity contribution in [3.8, 4) is 11.3 Å². The lowest BCUT2D eigenvalue weighted by atomic mass is 10.1. The third-order valence-electron chi connectivity index (χ3n) is 5.33. The zero-order valence-electron chi connectivity index (χ0n) is 16.7. The summed E-state index contributed by atoms with van der Waals surface area (Å²) in [6.45, 7) is 5.52. The van der Waals surface area contributed by atoms with Crippen LogP contribution in [-0.2, 0) is 0 Å². The van der Waals surface area contributed by atoms with Gasteiger partial charge < -0.3 is 0 Å². The van der Waals surface area contributed by atoms with E-state index in [0.717, 1.165) is 27.7 Å². The van der Waals surface area contributed by atoms with E-state index in [1.54, 1.807) is 16.7 Å². The van der Waals surface area contributed by atoms with Gasteiger partial charge in [-0.3, -0.25) is 9.59 Å². The summed E-state index contributed by atoms with van der Waals surface area (Å²) in [7, 11) is 0. The summed E-state index contributed by atoms with van der Waals surface area (Å²) in [5.74, 6) is -0.188. The van der Waals surface area contributed by atoms with Crippen molar-refractivity contribution < 1.29 is 4.79 Å². The minimum atomic E-state index is -0.188. The lowest BCUT2D eigenvalue weighted by Crippen LogP contribution is -2.22. The molecule has 0 saturated heterocycles. The van der Waals surface area contributed by atoms with Gasteiger partial charge in [0.15, 0.2) is 4.96 Å². The van der Waals surface area contributed by atoms with Crippen molar-refractivity contribution in [2.75, 3.05) is 0 Å². The molecule has 0 fully saturated rings. The predicted octanol–water partition coefficient (Wildman–Crippen LogP) is 3.60. The van der Waals surface area contributed by atoms with E-state index < -0.39 is 0 Å². The summed E-state index contributed by atoms with van der Waals surface area (Å²) in [4.78, 5) is 30.4. The number of benzene rings is 2. The van der Waals surface area contributed by atoms with E-state index in [2.05, 4.69) is 5.10 Å². The monoisotopic (exact) mass is 414 g/mol. The first kappa shape index (κ1) is 18.4. The van der Waals surface area contributed by atoms with E-state index in [-0.39, 0.29) is 11.5 Å². The average Bonchev–Trinajstić information content (AvgIpc) is 3.40. The van der Waals surface area contributed by atoms with Crippen LogP contribution in [0.15, 0.2) is 53.5 Å². The molecule has 3 aromatic heterocycles. The highest BCUT2D eigenvalue weighted by atomic mass is 32.1. The molecule has 148 valence electrons. The van der Waals surface area contributed by atoms with E-state index in [9.17, 15) is 9.59 Å². The Labute approximate surface area is 175 Å². The third-order valence-corrected chi connectivity index (χ3v) is 6.30. The largest absolute Gasteiger partial charge is 0.274 e. The van der Waals surface area contributed by atoms with Gasteiger partial charge in [-0.15, -0.1) is 0 Å². The SMILES string of the molecule is CC(=O)n1cc(/C=c2/sc3nc4c(C)c(C)ccc4n3c2=O)c(-c2ccccc2)n1. The normalized spacial score (nSPS) is 12.3. The Morgan fingerprint density at radius 1 is 1.10 bits per heavy atom. The molecule has 0 aliphatic rings. The topological polar surface area (TPSA) is 69.3 Å². The number of hydrogen-bond acceptors (Lipinski definition) is 5. The van der Waals surface area contributed by atoms with Crippen molar-refractivity contribution in [3.05, 3.63) is 80.2 Å². The summed E-state index contributed by atoms with van der Waals surface area (Å²) in [5.41, 5.74) is 6.06. The molecule has 0 unspecified atom stereocenters. The molecule has 0 N–H and O–H groups in total. The second kappa shape index (κ2) is 6.74. The Hall–Kier alpha value is -3.58. The van der Waals surface area contributed by atoms with Crippen molar-refractivity contribution in [1.82, 2.24) is 19.2 Å². The molecule has 2 aromatic carbocycles. The molecule has 3 heterocycles. The Morgan fingerprint density at radius 2 is 1.87 bits per heavy atom. The third kappa shape index (κ3) is 2.78. The lowest BCUT2D eigenvalue weighted by molar-refractivity contribution is 0.0921. The number of fused-ring (bicyclic) bond motifs is 3. The molecule has 30 heavy (non-hydrogen) atoms. The number of imidazole rings is 1. The smallest absolute Gasteiger partial charge is 0.273 e. The summed E-state index contributed by atoms with van der Waals surface area (Å²) in [5, 5.41) is 4.43. The molecule has 0 spiro atoms. The van der Waals surface area contributed by atoms with Gasteiger partial charge in [-0.25, -0.2) is 14.1 Å². The van der Waals surface area contributed by atoms with Crippen LogP contribution in [-0.4, -0.2) is 25.1 Å². The number of hydrogen-bond donors (Lipinski definition) is 0. The van der Waals surface area contributed by atoms with Gasteiger partial charge in [0.1, 0.15) is 5.69 Å². The van der Waals surface area contributed by atoms with Crippen molar-refractivity contribution >= 4 is 39.3 Å². The number of rotatable bonds is 2. The Kier molecular flexibility index (Phi) is 4.15. The van der Waals surface area contributed by atoms with Crippen LogP contribution in [0, 0.1) is 13.8 Å². The molecule has 0 saturated carbocycles. The summed E-state index contributed by atoms with van der Waals surface area (Å²) < 4.78 is 3.52. The van der Waals surface area contributed by atoms with Gasteiger partial charge in [0.2, 0.25) is 5.91 Å². The molecular formula is C23H18N4O2S. The maximum Gasteiger partial charge on any atom is 0.274 e. The van der Waals surface area contributed by atoms with Crippen LogP contribution in [0.2, 0.25) is 0 Å². The van der Waals surface area contributed by atoms with Crippen LogP contribution in [0.1, 0.15) is 28.4 Å². The van der Waals surface area contributed by atoms with E-state index in [4.69, 9.17) is 4.98 Å². The lowest BCUT2D eigenvalue weighted by Gasteiger charge is -1.99. The fraction of sp³-hybridized carbons (Fsp3) is 0.130. The molecular weight excluding hydrogens is 396 g/mol. The second-order valence-electron chi connectivity index (χ2n) is 7.28. The number of aromatic nitrogens is 4. The number of carbonyl (C=O) groups is 1. The van der Waals surface area contributed by atoms with Gasteiger partial charge in [0.25, 0.3) is 5.56 Å². The highest BCUT2D eigenvalue weighted by molar-refractivity contribution is 7.15. The molecule has 0 amide bonds. The molecule has 0 radical (unpaired) electrons. The van der Waals surface area contributed by atoms with Crippen LogP contribution < -0.4 is 10.1 Å². The fourth-order valence-electron chi connectivity index (χ4n) is 3.58. The number of nitrogens with zero attached hydrogens (tertiary/aromatic N) is 4. The quantitative estimate of drug-likeness (QED) is 0.443. The first-order valence-corrected chi connectivity index (χ1v) is 10.3. The van der Waals surface area contributed by atoms with Gasteiger partial charge in [-0.2, -0.15) is 5.10 Å². The number of carbonyl (C=O) groups excluding carboxylic acids is 1. The first-order chi connectivity index (χ1) is 14.4. The number of aryl methyl sites for hydroxylation is 2. The van der Waals surface area contributed by atoms with Gasteiger partial charge in [0, 0.05) is 24.2 Å². The van der Waals surface area contributed by atoms with Crippen molar-refractivity contribution in [2.24, 2.45) is 0 Å². The molecule has 0 aliphatic heterocycles. The number of thiazole rings is 1. The van der Waals surface area contributed by atoms with Crippen molar-refractivity contribution in [3.63, 3.8) is 0 Å². The molecule has 6 nitrogen and oxygen atoms in total. The Balaban J connectivity index is 1.76. The van der Waals surface area contributed by atoms with Crippen molar-refractivity contribution in [1.29, 1.82) is 0 Å². The van der Waals surface area contributed by atoms with E-state index in [0.29, 0.717) is 20.8 Å². The molecule has 0 aliphatic carbocycles. The van der Waals surface area contributed by atoms with Crippen LogP contribution in [0.25, 0.3) is 33.3 Å². The first-order valence-electron chi connectivity index (χ1n) is 9.53. The van der Waals surface area contributed by atoms with Crippen LogP contribution in [0.4, 0.5) is 0 Å². The van der Waals surface area contributed by atoms with Gasteiger partial charge >= 0.3 is 0 Å². The molecule has 7 heteroatoms. The van der Waals surface area contributed by atoms with Crippen LogP contribution in [0.5, 0.6) is 0 Å². The van der Waals surface area contributed by atoms with Gasteiger partial charge in [0.05, 0.1) is 15.6 Å². The average molecular weight is 414 g/mol. The minimum absolute atomic E-state index is 0.115. The molecule has 5 rings (SSSR count). The van der Waals surface area contributed by atoms with E-state index in [1.165, 1.54) is 22.9 Å². The van der Waals surface area contributed by atoms with Gasteiger partial charge in [-0.05, 0) is 37.1 Å². The highest BCUT2D eigenvalue weighted by Crippen LogP contribution is 2.24. The molecule has 5 aromatic rings. The standard InChI is InChI=1S/C23H18N4O2S/c1-13-9-10-18-20(14(13)2)24-23-27(18)22(29)19(30-23)11-17-12-26(15(3)28)25-21(17)16-7-5-4-6-8-16/h4-12H,1-3H3/b19-11+. The van der Waals surface area contributed by atoms with Crippen molar-refractivity contribution in [2.45, 2.75) is 20.8 Å². The van der Waals surface area contributed by atoms with Gasteiger partial charge in [-0.1, -0.05) is 47.7 Å². The van der Waals surface area contributed by atoms with E-state index in [1.807, 2.05) is 56.3 Å². The predicted molar refractivity (Wildman–Crippen MR) is 119 cm³/mol. The van der Waals surface area contributed by atoms with Crippen LogP contribution >= 0.6 is 11.3 Å². The summed E-state index contributed by atoms with van der Waals surface area (Å²) in [6.07, 6.45) is 3.46. The highest BCUT2D eigenvalue weighted by Gasteiger charge is 2.16. The maximum atomic E-state index is 13.2. The minimum Gasteiger partial charge on any atom is -0.273 e. The zero-order chi connectivity index (χ0) is 21.0. The van der Waals surface area contributed by atoms with E-state index >= 15 is 0 Å². The maximum absolute atomic E-state index is 13.2. The second-order valence-corrected chi connectivity index (χ2v) is 8.29. The summed E-state index contributed by atoms with van der Waals surface area (Å²) in [6, 6.07) is 13.6. The molecule has 0 bridgehead atoms. The fourth-order valence-corrected chi connectivity index (χ4v) is 4.55.